The number of rotatable bonds is 8. The summed E-state index contributed by atoms with van der Waals surface area (Å²) in [7, 11) is 0. The van der Waals surface area contributed by atoms with Gasteiger partial charge in [0.25, 0.3) is 5.91 Å². The molecule has 2 N–H and O–H groups in total. The van der Waals surface area contributed by atoms with Gasteiger partial charge in [-0.15, -0.1) is 20.4 Å². The molecule has 0 aliphatic heterocycles. The Bertz CT molecular complexity index is 951. The predicted octanol–water partition coefficient (Wildman–Crippen LogP) is 2.90. The summed E-state index contributed by atoms with van der Waals surface area (Å²) in [6, 6.07) is 8.06. The third-order valence-electron chi connectivity index (χ3n) is 3.81. The minimum absolute atomic E-state index is 0.00491. The predicted molar refractivity (Wildman–Crippen MR) is 108 cm³/mol. The Balaban J connectivity index is 1.39. The van der Waals surface area contributed by atoms with Crippen LogP contribution in [0.15, 0.2) is 24.3 Å². The zero-order chi connectivity index (χ0) is 19.9. The Morgan fingerprint density at radius 1 is 1.00 bits per heavy atom. The average Bonchev–Trinajstić information content (AvgIpc) is 3.30. The molecule has 0 saturated heterocycles. The number of carbonyl (C=O) groups excluding carboxylic acids is 2. The molecule has 3 aromatic rings. The Kier molecular flexibility index (Phi) is 6.77. The Morgan fingerprint density at radius 3 is 2.50 bits per heavy atom. The van der Waals surface area contributed by atoms with Gasteiger partial charge in [-0.1, -0.05) is 52.5 Å². The van der Waals surface area contributed by atoms with E-state index in [1.165, 1.54) is 28.2 Å². The van der Waals surface area contributed by atoms with Gasteiger partial charge >= 0.3 is 0 Å². The SMILES string of the molecule is Cc1ccc(CNC(=O)CCCc2nnc(C(=O)Nc3nnc(C)s3)s2)cc1. The zero-order valence-electron chi connectivity index (χ0n) is 15.6. The van der Waals surface area contributed by atoms with Gasteiger partial charge in [-0.25, -0.2) is 0 Å². The molecule has 146 valence electrons. The summed E-state index contributed by atoms with van der Waals surface area (Å²) >= 11 is 2.52. The summed E-state index contributed by atoms with van der Waals surface area (Å²) in [4.78, 5) is 24.1. The lowest BCUT2D eigenvalue weighted by molar-refractivity contribution is -0.121. The summed E-state index contributed by atoms with van der Waals surface area (Å²) in [6.45, 7) is 4.36. The number of amides is 2. The molecule has 0 saturated carbocycles. The van der Waals surface area contributed by atoms with Crippen molar-refractivity contribution in [1.29, 1.82) is 0 Å². The van der Waals surface area contributed by atoms with E-state index >= 15 is 0 Å². The van der Waals surface area contributed by atoms with Crippen LogP contribution in [0.2, 0.25) is 0 Å². The average molecular weight is 417 g/mol. The molecule has 2 amide bonds. The highest BCUT2D eigenvalue weighted by molar-refractivity contribution is 7.15. The molecule has 0 aliphatic rings. The highest BCUT2D eigenvalue weighted by Gasteiger charge is 2.15. The number of benzene rings is 1. The van der Waals surface area contributed by atoms with Gasteiger partial charge in [0.05, 0.1) is 0 Å². The Hall–Kier alpha value is -2.72. The quantitative estimate of drug-likeness (QED) is 0.584. The molecule has 28 heavy (non-hydrogen) atoms. The van der Waals surface area contributed by atoms with Crippen LogP contribution in [0.5, 0.6) is 0 Å². The van der Waals surface area contributed by atoms with Crippen molar-refractivity contribution in [3.05, 3.63) is 50.4 Å². The van der Waals surface area contributed by atoms with E-state index in [1.54, 1.807) is 0 Å². The first-order valence-electron chi connectivity index (χ1n) is 8.75. The van der Waals surface area contributed by atoms with Gasteiger partial charge in [-0.3, -0.25) is 14.9 Å². The second kappa shape index (κ2) is 9.47. The molecule has 0 aliphatic carbocycles. The summed E-state index contributed by atoms with van der Waals surface area (Å²) in [6.07, 6.45) is 1.64. The van der Waals surface area contributed by atoms with Gasteiger partial charge in [0, 0.05) is 19.4 Å². The van der Waals surface area contributed by atoms with Crippen LogP contribution in [-0.4, -0.2) is 32.2 Å². The number of aromatic nitrogens is 4. The topological polar surface area (TPSA) is 110 Å². The van der Waals surface area contributed by atoms with Crippen LogP contribution in [0.25, 0.3) is 0 Å². The summed E-state index contributed by atoms with van der Waals surface area (Å²) in [5.41, 5.74) is 2.27. The molecule has 8 nitrogen and oxygen atoms in total. The summed E-state index contributed by atoms with van der Waals surface area (Å²) in [5, 5.41) is 23.4. The van der Waals surface area contributed by atoms with E-state index in [-0.39, 0.29) is 16.8 Å². The van der Waals surface area contributed by atoms with E-state index in [1.807, 2.05) is 38.1 Å². The third kappa shape index (κ3) is 5.89. The molecule has 0 spiro atoms. The van der Waals surface area contributed by atoms with Crippen LogP contribution in [-0.2, 0) is 17.8 Å². The van der Waals surface area contributed by atoms with E-state index in [2.05, 4.69) is 31.0 Å². The number of carbonyl (C=O) groups is 2. The number of anilines is 1. The van der Waals surface area contributed by atoms with Crippen molar-refractivity contribution in [1.82, 2.24) is 25.7 Å². The van der Waals surface area contributed by atoms with Crippen molar-refractivity contribution in [3.63, 3.8) is 0 Å². The largest absolute Gasteiger partial charge is 0.352 e. The lowest BCUT2D eigenvalue weighted by Gasteiger charge is -2.05. The first-order valence-corrected chi connectivity index (χ1v) is 10.4. The molecule has 2 heterocycles. The highest BCUT2D eigenvalue weighted by atomic mass is 32.1. The number of nitrogens with zero attached hydrogens (tertiary/aromatic N) is 4. The first kappa shape index (κ1) is 20.0. The van der Waals surface area contributed by atoms with Gasteiger partial charge in [-0.2, -0.15) is 0 Å². The van der Waals surface area contributed by atoms with Crippen LogP contribution in [0.3, 0.4) is 0 Å². The molecular weight excluding hydrogens is 396 g/mol. The molecule has 0 unspecified atom stereocenters. The summed E-state index contributed by atoms with van der Waals surface area (Å²) in [5.74, 6) is -0.356. The number of aryl methyl sites for hydroxylation is 3. The van der Waals surface area contributed by atoms with Crippen molar-refractivity contribution < 1.29 is 9.59 Å². The number of hydrogen-bond donors (Lipinski definition) is 2. The van der Waals surface area contributed by atoms with Gasteiger partial charge in [0.15, 0.2) is 0 Å². The smallest absolute Gasteiger partial charge is 0.288 e. The van der Waals surface area contributed by atoms with Crippen molar-refractivity contribution in [2.24, 2.45) is 0 Å². The van der Waals surface area contributed by atoms with Gasteiger partial charge in [0.2, 0.25) is 16.0 Å². The maximum absolute atomic E-state index is 12.1. The molecule has 10 heteroatoms. The van der Waals surface area contributed by atoms with Crippen LogP contribution in [0, 0.1) is 13.8 Å². The van der Waals surface area contributed by atoms with Crippen molar-refractivity contribution in [3.8, 4) is 0 Å². The molecule has 3 rings (SSSR count). The number of hydrogen-bond acceptors (Lipinski definition) is 8. The highest BCUT2D eigenvalue weighted by Crippen LogP contribution is 2.17. The monoisotopic (exact) mass is 416 g/mol. The van der Waals surface area contributed by atoms with E-state index in [9.17, 15) is 9.59 Å². The standard InChI is InChI=1S/C18H20N6O2S2/c1-11-6-8-13(9-7-11)10-19-14(25)4-3-5-15-22-23-17(28-15)16(26)20-18-24-21-12(2)27-18/h6-9H,3-5,10H2,1-2H3,(H,19,25)(H,20,24,26). The second-order valence-corrected chi connectivity index (χ2v) is 8.44. The molecule has 0 bridgehead atoms. The van der Waals surface area contributed by atoms with Crippen molar-refractivity contribution >= 4 is 39.6 Å². The fourth-order valence-electron chi connectivity index (χ4n) is 2.34. The third-order valence-corrected chi connectivity index (χ3v) is 5.55. The first-order chi connectivity index (χ1) is 13.5. The van der Waals surface area contributed by atoms with Crippen LogP contribution < -0.4 is 10.6 Å². The zero-order valence-corrected chi connectivity index (χ0v) is 17.2. The molecule has 2 aromatic heterocycles. The molecule has 0 radical (unpaired) electrons. The number of nitrogens with one attached hydrogen (secondary N) is 2. The van der Waals surface area contributed by atoms with E-state index in [0.29, 0.717) is 30.9 Å². The van der Waals surface area contributed by atoms with Gasteiger partial charge in [-0.05, 0) is 25.8 Å². The van der Waals surface area contributed by atoms with Crippen molar-refractivity contribution in [2.75, 3.05) is 5.32 Å². The van der Waals surface area contributed by atoms with Gasteiger partial charge < -0.3 is 5.32 Å². The van der Waals surface area contributed by atoms with Crippen LogP contribution in [0.4, 0.5) is 5.13 Å². The Labute approximate surface area is 170 Å². The van der Waals surface area contributed by atoms with E-state index in [4.69, 9.17) is 0 Å². The van der Waals surface area contributed by atoms with E-state index < -0.39 is 0 Å². The maximum Gasteiger partial charge on any atom is 0.288 e. The lowest BCUT2D eigenvalue weighted by Crippen LogP contribution is -2.22. The minimum atomic E-state index is -0.351. The molecular formula is C18H20N6O2S2. The van der Waals surface area contributed by atoms with Crippen LogP contribution >= 0.6 is 22.7 Å². The second-order valence-electron chi connectivity index (χ2n) is 6.20. The van der Waals surface area contributed by atoms with E-state index in [0.717, 1.165) is 15.6 Å². The fraction of sp³-hybridized carbons (Fsp3) is 0.333. The normalized spacial score (nSPS) is 10.6. The van der Waals surface area contributed by atoms with Crippen molar-refractivity contribution in [2.45, 2.75) is 39.7 Å². The fourth-order valence-corrected chi connectivity index (χ4v) is 3.70. The molecule has 0 atom stereocenters. The maximum atomic E-state index is 12.1. The summed E-state index contributed by atoms with van der Waals surface area (Å²) < 4.78 is 0. The molecule has 1 aromatic carbocycles. The van der Waals surface area contributed by atoms with Crippen LogP contribution in [0.1, 0.15) is 43.8 Å². The minimum Gasteiger partial charge on any atom is -0.352 e. The van der Waals surface area contributed by atoms with Gasteiger partial charge in [0.1, 0.15) is 10.0 Å². The molecule has 0 fully saturated rings. The lowest BCUT2D eigenvalue weighted by atomic mass is 10.1. The Morgan fingerprint density at radius 2 is 1.79 bits per heavy atom.